The zero-order chi connectivity index (χ0) is 39.7. The fourth-order valence-electron chi connectivity index (χ4n) is 7.59. The van der Waals surface area contributed by atoms with Crippen molar-refractivity contribution in [1.82, 2.24) is 30.9 Å². The summed E-state index contributed by atoms with van der Waals surface area (Å²) in [5, 5.41) is 24.0. The third kappa shape index (κ3) is 9.37. The number of halogens is 4. The van der Waals surface area contributed by atoms with Crippen LogP contribution in [0.3, 0.4) is 0 Å². The van der Waals surface area contributed by atoms with Crippen LogP contribution in [0.1, 0.15) is 68.8 Å². The molecule has 18 heteroatoms. The minimum atomic E-state index is -4.64. The molecule has 14 nitrogen and oxygen atoms in total. The number of hydrogen-bond donors (Lipinski definition) is 6. The Kier molecular flexibility index (Phi) is 11.1. The molecule has 2 bridgehead atoms. The summed E-state index contributed by atoms with van der Waals surface area (Å²) in [4.78, 5) is 62.3. The molecule has 6 N–H and O–H groups in total. The van der Waals surface area contributed by atoms with Gasteiger partial charge in [-0.2, -0.15) is 28.1 Å². The molecule has 4 fully saturated rings. The second-order valence-electron chi connectivity index (χ2n) is 15.0. The van der Waals surface area contributed by atoms with Crippen molar-refractivity contribution in [3.8, 4) is 6.01 Å². The standard InChI is InChI=1S/C37H42ClF3N8O6/c1-19-25-16-22(35(25,2)3)17-27(19)45-30(52)29(51)42-15-12-26(31(53)54)44-28(50)20-4-10-24(11-5-20)43-32-46-33(48-34(47-32)55-18-37(39,40)41)49-36(13-14-36)21-6-8-23(38)9-7-21/h4-11,19,22,25-27H,12-18H2,1-3H3,(H,42,51)(H,44,50)(H,45,52)(H,53,54)(H2,43,46,47,48,49)/t19-,22-,25+,26-,27+/m0/s1. The van der Waals surface area contributed by atoms with Crippen LogP contribution in [-0.2, 0) is 19.9 Å². The summed E-state index contributed by atoms with van der Waals surface area (Å²) in [5.74, 6) is -2.70. The number of carboxylic acids is 1. The second-order valence-corrected chi connectivity index (χ2v) is 15.5. The number of hydrogen-bond acceptors (Lipinski definition) is 10. The third-order valence-corrected chi connectivity index (χ3v) is 11.3. The van der Waals surface area contributed by atoms with E-state index in [1.807, 2.05) is 12.1 Å². The van der Waals surface area contributed by atoms with Crippen LogP contribution in [0.25, 0.3) is 0 Å². The average molecular weight is 787 g/mol. The van der Waals surface area contributed by atoms with Crippen LogP contribution in [0.4, 0.5) is 30.8 Å². The molecule has 0 spiro atoms. The van der Waals surface area contributed by atoms with E-state index in [1.54, 1.807) is 12.1 Å². The quantitative estimate of drug-likeness (QED) is 0.118. The number of carboxylic acid groups (broad SMARTS) is 1. The van der Waals surface area contributed by atoms with Crippen molar-refractivity contribution in [2.75, 3.05) is 23.8 Å². The van der Waals surface area contributed by atoms with Crippen molar-refractivity contribution >= 4 is 52.9 Å². The van der Waals surface area contributed by atoms with Gasteiger partial charge in [0.2, 0.25) is 11.9 Å². The Morgan fingerprint density at radius 1 is 0.964 bits per heavy atom. The van der Waals surface area contributed by atoms with E-state index in [2.05, 4.69) is 62.3 Å². The fraction of sp³-hybridized carbons (Fsp3) is 0.486. The molecule has 0 radical (unpaired) electrons. The Hall–Kier alpha value is -5.19. The predicted molar refractivity (Wildman–Crippen MR) is 195 cm³/mol. The first-order valence-electron chi connectivity index (χ1n) is 17.9. The van der Waals surface area contributed by atoms with Gasteiger partial charge in [-0.3, -0.25) is 14.4 Å². The number of ether oxygens (including phenoxy) is 1. The first-order valence-corrected chi connectivity index (χ1v) is 18.3. The number of fused-ring (bicyclic) bond motifs is 2. The largest absolute Gasteiger partial charge is 0.480 e. The zero-order valence-corrected chi connectivity index (χ0v) is 31.1. The number of alkyl halides is 3. The molecule has 7 rings (SSSR count). The number of carbonyl (C=O) groups is 4. The summed E-state index contributed by atoms with van der Waals surface area (Å²) in [6, 6.07) is 10.8. The van der Waals surface area contributed by atoms with E-state index < -0.39 is 54.1 Å². The number of anilines is 3. The molecule has 0 unspecified atom stereocenters. The number of aliphatic carboxylic acids is 1. The van der Waals surface area contributed by atoms with E-state index in [-0.39, 0.29) is 47.8 Å². The van der Waals surface area contributed by atoms with Gasteiger partial charge in [-0.1, -0.05) is 44.5 Å². The zero-order valence-electron chi connectivity index (χ0n) is 30.3. The lowest BCUT2D eigenvalue weighted by atomic mass is 9.45. The number of nitrogens with zero attached hydrogens (tertiary/aromatic N) is 3. The van der Waals surface area contributed by atoms with Crippen LogP contribution < -0.4 is 31.3 Å². The first kappa shape index (κ1) is 39.5. The van der Waals surface area contributed by atoms with E-state index in [4.69, 9.17) is 16.3 Å². The normalized spacial score (nSPS) is 22.2. The van der Waals surface area contributed by atoms with Gasteiger partial charge in [-0.15, -0.1) is 0 Å². The number of benzene rings is 2. The van der Waals surface area contributed by atoms with Gasteiger partial charge in [0, 0.05) is 28.9 Å². The van der Waals surface area contributed by atoms with Gasteiger partial charge in [-0.05, 0) is 97.2 Å². The van der Waals surface area contributed by atoms with Crippen LogP contribution in [0, 0.1) is 23.2 Å². The van der Waals surface area contributed by atoms with E-state index >= 15 is 0 Å². The molecule has 0 aliphatic heterocycles. The lowest BCUT2D eigenvalue weighted by Crippen LogP contribution is -2.61. The van der Waals surface area contributed by atoms with Gasteiger partial charge in [-0.25, -0.2) is 4.79 Å². The SMILES string of the molecule is C[C@H]1[C@H]2C[C@@H](C[C@H]1NC(=O)C(=O)NCC[C@H](NC(=O)c1ccc(Nc3nc(NC4(c5ccc(Cl)cc5)CC4)nc(OCC(F)(F)F)n3)cc1)C(=O)O)C2(C)C. The Labute approximate surface area is 319 Å². The lowest BCUT2D eigenvalue weighted by molar-refractivity contribution is -0.154. The smallest absolute Gasteiger partial charge is 0.422 e. The molecule has 4 aliphatic carbocycles. The van der Waals surface area contributed by atoms with E-state index in [1.165, 1.54) is 24.3 Å². The van der Waals surface area contributed by atoms with Crippen LogP contribution in [0.2, 0.25) is 5.02 Å². The third-order valence-electron chi connectivity index (χ3n) is 11.1. The Morgan fingerprint density at radius 3 is 2.24 bits per heavy atom. The number of amides is 3. The van der Waals surface area contributed by atoms with Crippen LogP contribution in [0.15, 0.2) is 48.5 Å². The highest BCUT2D eigenvalue weighted by Gasteiger charge is 2.56. The summed E-state index contributed by atoms with van der Waals surface area (Å²) in [5.41, 5.74) is 0.988. The molecule has 2 aromatic carbocycles. The second kappa shape index (κ2) is 15.5. The number of aromatic nitrogens is 3. The molecule has 3 aromatic rings. The molecule has 55 heavy (non-hydrogen) atoms. The van der Waals surface area contributed by atoms with Gasteiger partial charge >= 0.3 is 30.0 Å². The maximum absolute atomic E-state index is 13.0. The van der Waals surface area contributed by atoms with Crippen molar-refractivity contribution in [2.45, 2.75) is 76.7 Å². The highest BCUT2D eigenvalue weighted by atomic mass is 35.5. The number of nitrogens with one attached hydrogen (secondary N) is 5. The highest BCUT2D eigenvalue weighted by Crippen LogP contribution is 2.61. The van der Waals surface area contributed by atoms with Crippen LogP contribution in [0.5, 0.6) is 6.01 Å². The minimum absolute atomic E-state index is 0.0334. The maximum Gasteiger partial charge on any atom is 0.422 e. The molecule has 1 heterocycles. The van der Waals surface area contributed by atoms with Gasteiger partial charge in [0.05, 0.1) is 5.54 Å². The summed E-state index contributed by atoms with van der Waals surface area (Å²) in [6.45, 7) is 4.75. The predicted octanol–water partition coefficient (Wildman–Crippen LogP) is 5.19. The molecule has 4 aliphatic rings. The van der Waals surface area contributed by atoms with Crippen molar-refractivity contribution in [2.24, 2.45) is 23.2 Å². The van der Waals surface area contributed by atoms with Crippen molar-refractivity contribution < 1.29 is 42.2 Å². The van der Waals surface area contributed by atoms with Crippen molar-refractivity contribution in [1.29, 1.82) is 0 Å². The summed E-state index contributed by atoms with van der Waals surface area (Å²) >= 11 is 6.03. The number of rotatable bonds is 14. The van der Waals surface area contributed by atoms with E-state index in [9.17, 15) is 37.5 Å². The molecule has 1 aromatic heterocycles. The Bertz CT molecular complexity index is 1930. The van der Waals surface area contributed by atoms with Gasteiger partial charge < -0.3 is 36.4 Å². The fourth-order valence-corrected chi connectivity index (χ4v) is 7.72. The minimum Gasteiger partial charge on any atom is -0.480 e. The number of carbonyl (C=O) groups excluding carboxylic acids is 3. The Morgan fingerprint density at radius 2 is 1.64 bits per heavy atom. The summed E-state index contributed by atoms with van der Waals surface area (Å²) in [6.07, 6.45) is -1.49. The first-order chi connectivity index (χ1) is 25.9. The van der Waals surface area contributed by atoms with E-state index in [0.717, 1.165) is 18.4 Å². The van der Waals surface area contributed by atoms with Gasteiger partial charge in [0.25, 0.3) is 5.91 Å². The average Bonchev–Trinajstić information content (AvgIpc) is 3.91. The topological polar surface area (TPSA) is 197 Å². The molecule has 4 saturated carbocycles. The monoisotopic (exact) mass is 786 g/mol. The molecule has 294 valence electrons. The molecule has 0 saturated heterocycles. The maximum atomic E-state index is 13.0. The molecule has 3 amide bonds. The van der Waals surface area contributed by atoms with E-state index in [0.29, 0.717) is 35.4 Å². The molecule has 5 atom stereocenters. The Balaban J connectivity index is 1.03. The molecular weight excluding hydrogens is 745 g/mol. The van der Waals surface area contributed by atoms with Crippen molar-refractivity contribution in [3.63, 3.8) is 0 Å². The van der Waals surface area contributed by atoms with Gasteiger partial charge in [0.1, 0.15) is 6.04 Å². The highest BCUT2D eigenvalue weighted by molar-refractivity contribution is 6.35. The van der Waals surface area contributed by atoms with Crippen molar-refractivity contribution in [3.05, 3.63) is 64.7 Å². The molecular formula is C37H42ClF3N8O6. The lowest BCUT2D eigenvalue weighted by Gasteiger charge is -2.62. The summed E-state index contributed by atoms with van der Waals surface area (Å²) < 4.78 is 43.7. The summed E-state index contributed by atoms with van der Waals surface area (Å²) in [7, 11) is 0. The van der Waals surface area contributed by atoms with Gasteiger partial charge in [0.15, 0.2) is 6.61 Å². The van der Waals surface area contributed by atoms with Crippen LogP contribution >= 0.6 is 11.6 Å². The van der Waals surface area contributed by atoms with Crippen LogP contribution in [-0.4, -0.2) is 75.2 Å².